The molecule has 0 aliphatic carbocycles. The molecule has 5 nitrogen and oxygen atoms in total. The van der Waals surface area contributed by atoms with Crippen LogP contribution in [0, 0.1) is 0 Å². The molecule has 0 aromatic rings. The average molecular weight is 235 g/mol. The largest absolute Gasteiger partial charge is 0.313 e. The molecule has 0 bridgehead atoms. The molecule has 1 fully saturated rings. The Bertz CT molecular complexity index is 290. The second-order valence-electron chi connectivity index (χ2n) is 4.37. The maximum atomic E-state index is 11.3. The van der Waals surface area contributed by atoms with E-state index in [0.717, 1.165) is 19.3 Å². The van der Waals surface area contributed by atoms with Crippen LogP contribution in [0.15, 0.2) is 0 Å². The first-order valence-corrected chi connectivity index (χ1v) is 6.94. The van der Waals surface area contributed by atoms with Gasteiger partial charge in [-0.15, -0.1) is 0 Å². The normalized spacial score (nSPS) is 24.7. The fourth-order valence-electron chi connectivity index (χ4n) is 1.88. The maximum Gasteiger partial charge on any atom is 0.277 e. The summed E-state index contributed by atoms with van der Waals surface area (Å²) in [6.45, 7) is 5.34. The van der Waals surface area contributed by atoms with Crippen molar-refractivity contribution in [3.8, 4) is 0 Å². The third kappa shape index (κ3) is 4.06. The molecule has 1 aliphatic rings. The van der Waals surface area contributed by atoms with E-state index in [4.69, 9.17) is 5.14 Å². The summed E-state index contributed by atoms with van der Waals surface area (Å²) < 4.78 is 24.1. The molecular weight excluding hydrogens is 214 g/mol. The Morgan fingerprint density at radius 1 is 1.47 bits per heavy atom. The Balaban J connectivity index is 2.58. The fraction of sp³-hybridized carbons (Fsp3) is 1.00. The molecule has 0 aromatic carbocycles. The highest BCUT2D eigenvalue weighted by Gasteiger charge is 2.29. The first-order chi connectivity index (χ1) is 6.91. The number of nitrogens with one attached hydrogen (secondary N) is 1. The minimum absolute atomic E-state index is 0.0242. The lowest BCUT2D eigenvalue weighted by atomic mass is 10.0. The van der Waals surface area contributed by atoms with Gasteiger partial charge in [0.05, 0.1) is 0 Å². The van der Waals surface area contributed by atoms with Gasteiger partial charge in [-0.25, -0.2) is 5.14 Å². The molecule has 0 spiro atoms. The molecule has 0 amide bonds. The van der Waals surface area contributed by atoms with Crippen molar-refractivity contribution in [3.63, 3.8) is 0 Å². The van der Waals surface area contributed by atoms with Crippen LogP contribution in [-0.4, -0.2) is 37.9 Å². The summed E-state index contributed by atoms with van der Waals surface area (Å²) in [6, 6.07) is 0.394. The van der Waals surface area contributed by atoms with Crippen molar-refractivity contribution in [2.45, 2.75) is 45.2 Å². The van der Waals surface area contributed by atoms with Crippen LogP contribution < -0.4 is 10.5 Å². The van der Waals surface area contributed by atoms with Crippen molar-refractivity contribution in [2.24, 2.45) is 5.14 Å². The molecule has 1 aliphatic heterocycles. The van der Waals surface area contributed by atoms with Crippen LogP contribution in [-0.2, 0) is 10.2 Å². The van der Waals surface area contributed by atoms with Gasteiger partial charge >= 0.3 is 0 Å². The van der Waals surface area contributed by atoms with Gasteiger partial charge < -0.3 is 5.32 Å². The summed E-state index contributed by atoms with van der Waals surface area (Å²) in [5.74, 6) is 0. The van der Waals surface area contributed by atoms with Crippen molar-refractivity contribution in [3.05, 3.63) is 0 Å². The van der Waals surface area contributed by atoms with Crippen LogP contribution in [0.2, 0.25) is 0 Å². The molecule has 0 radical (unpaired) electrons. The molecule has 15 heavy (non-hydrogen) atoms. The average Bonchev–Trinajstić information content (AvgIpc) is 2.13. The highest BCUT2D eigenvalue weighted by molar-refractivity contribution is 7.86. The summed E-state index contributed by atoms with van der Waals surface area (Å²) in [7, 11) is -3.53. The number of piperidine rings is 1. The minimum atomic E-state index is -3.53. The molecule has 1 rings (SSSR count). The van der Waals surface area contributed by atoms with Crippen molar-refractivity contribution in [1.82, 2.24) is 9.62 Å². The van der Waals surface area contributed by atoms with Gasteiger partial charge in [-0.3, -0.25) is 0 Å². The number of rotatable bonds is 4. The number of nitrogens with zero attached hydrogens (tertiary/aromatic N) is 1. The van der Waals surface area contributed by atoms with E-state index in [0.29, 0.717) is 19.1 Å². The molecule has 0 aromatic heterocycles. The zero-order valence-electron chi connectivity index (χ0n) is 9.44. The molecule has 1 atom stereocenters. The maximum absolute atomic E-state index is 11.3. The van der Waals surface area contributed by atoms with E-state index in [-0.39, 0.29) is 6.04 Å². The predicted octanol–water partition coefficient (Wildman–Crippen LogP) is 0.0424. The van der Waals surface area contributed by atoms with E-state index in [2.05, 4.69) is 5.32 Å². The van der Waals surface area contributed by atoms with E-state index in [1.807, 2.05) is 13.8 Å². The van der Waals surface area contributed by atoms with Gasteiger partial charge in [0.2, 0.25) is 0 Å². The lowest BCUT2D eigenvalue weighted by Gasteiger charge is -2.33. The first kappa shape index (κ1) is 12.9. The van der Waals surface area contributed by atoms with Gasteiger partial charge in [-0.2, -0.15) is 12.7 Å². The summed E-state index contributed by atoms with van der Waals surface area (Å²) >= 11 is 0. The minimum Gasteiger partial charge on any atom is -0.313 e. The third-order valence-electron chi connectivity index (χ3n) is 2.66. The number of hydrogen-bond acceptors (Lipinski definition) is 3. The summed E-state index contributed by atoms with van der Waals surface area (Å²) in [5.41, 5.74) is 0. The van der Waals surface area contributed by atoms with Crippen LogP contribution in [0.3, 0.4) is 0 Å². The lowest BCUT2D eigenvalue weighted by molar-refractivity contribution is 0.242. The van der Waals surface area contributed by atoms with Crippen molar-refractivity contribution < 1.29 is 8.42 Å². The van der Waals surface area contributed by atoms with Crippen molar-refractivity contribution >= 4 is 10.2 Å². The highest BCUT2D eigenvalue weighted by atomic mass is 32.2. The quantitative estimate of drug-likeness (QED) is 0.722. The molecular formula is C9H21N3O2S. The van der Waals surface area contributed by atoms with Crippen LogP contribution in [0.5, 0.6) is 0 Å². The first-order valence-electron chi connectivity index (χ1n) is 5.44. The lowest BCUT2D eigenvalue weighted by Crippen LogP contribution is -2.51. The van der Waals surface area contributed by atoms with Crippen LogP contribution in [0.25, 0.3) is 0 Å². The third-order valence-corrected chi connectivity index (χ3v) is 3.80. The van der Waals surface area contributed by atoms with Gasteiger partial charge in [0, 0.05) is 25.2 Å². The van der Waals surface area contributed by atoms with Crippen LogP contribution >= 0.6 is 0 Å². The molecule has 1 saturated heterocycles. The number of nitrogens with two attached hydrogens (primary N) is 1. The molecule has 90 valence electrons. The van der Waals surface area contributed by atoms with Gasteiger partial charge in [-0.05, 0) is 12.8 Å². The Hall–Kier alpha value is -0.170. The van der Waals surface area contributed by atoms with Crippen LogP contribution in [0.1, 0.15) is 33.1 Å². The molecule has 3 N–H and O–H groups in total. The fourth-order valence-corrected chi connectivity index (χ4v) is 2.86. The Labute approximate surface area is 92.2 Å². The molecule has 1 unspecified atom stereocenters. The summed E-state index contributed by atoms with van der Waals surface area (Å²) in [5, 5.41) is 8.43. The van der Waals surface area contributed by atoms with Crippen LogP contribution in [0.4, 0.5) is 0 Å². The van der Waals surface area contributed by atoms with Gasteiger partial charge in [0.25, 0.3) is 10.2 Å². The van der Waals surface area contributed by atoms with E-state index in [9.17, 15) is 8.42 Å². The summed E-state index contributed by atoms with van der Waals surface area (Å²) in [4.78, 5) is 0. The molecule has 0 saturated carbocycles. The van der Waals surface area contributed by atoms with E-state index >= 15 is 0 Å². The van der Waals surface area contributed by atoms with Gasteiger partial charge in [-0.1, -0.05) is 20.3 Å². The highest BCUT2D eigenvalue weighted by Crippen LogP contribution is 2.18. The topological polar surface area (TPSA) is 75.4 Å². The summed E-state index contributed by atoms with van der Waals surface area (Å²) in [6.07, 6.45) is 2.89. The molecule has 6 heteroatoms. The van der Waals surface area contributed by atoms with Crippen molar-refractivity contribution in [2.75, 3.05) is 13.1 Å². The second-order valence-corrected chi connectivity index (χ2v) is 5.87. The Kier molecular flexibility index (Phi) is 4.51. The monoisotopic (exact) mass is 235 g/mol. The van der Waals surface area contributed by atoms with Gasteiger partial charge in [0.15, 0.2) is 0 Å². The zero-order valence-corrected chi connectivity index (χ0v) is 10.3. The van der Waals surface area contributed by atoms with E-state index in [1.54, 1.807) is 0 Å². The standard InChI is InChI=1S/C9H21N3O2S/c1-8(2)11-7-9-5-3-4-6-12(9)15(10,13)14/h8-9,11H,3-7H2,1-2H3,(H2,10,13,14). The molecule has 1 heterocycles. The Morgan fingerprint density at radius 2 is 2.13 bits per heavy atom. The SMILES string of the molecule is CC(C)NCC1CCCCN1S(N)(=O)=O. The number of hydrogen-bond donors (Lipinski definition) is 2. The van der Waals surface area contributed by atoms with E-state index in [1.165, 1.54) is 4.31 Å². The second kappa shape index (κ2) is 5.25. The van der Waals surface area contributed by atoms with Crippen molar-refractivity contribution in [1.29, 1.82) is 0 Å². The Morgan fingerprint density at radius 3 is 2.67 bits per heavy atom. The predicted molar refractivity (Wildman–Crippen MR) is 60.6 cm³/mol. The zero-order chi connectivity index (χ0) is 11.5. The van der Waals surface area contributed by atoms with Gasteiger partial charge in [0.1, 0.15) is 0 Å². The van der Waals surface area contributed by atoms with E-state index < -0.39 is 10.2 Å². The smallest absolute Gasteiger partial charge is 0.277 e.